The minimum Gasteiger partial charge on any atom is -0.480 e. The van der Waals surface area contributed by atoms with Gasteiger partial charge in [0.1, 0.15) is 6.04 Å². The smallest absolute Gasteiger partial charge is 0.327 e. The molecule has 0 spiro atoms. The van der Waals surface area contributed by atoms with Crippen LogP contribution in [-0.2, 0) is 11.2 Å². The first kappa shape index (κ1) is 15.7. The quantitative estimate of drug-likeness (QED) is 0.690. The highest BCUT2D eigenvalue weighted by Gasteiger charge is 2.38. The predicted octanol–water partition coefficient (Wildman–Crippen LogP) is 2.56. The van der Waals surface area contributed by atoms with E-state index in [0.717, 1.165) is 5.56 Å². The Morgan fingerprint density at radius 2 is 1.92 bits per heavy atom. The van der Waals surface area contributed by atoms with Crippen LogP contribution in [0.2, 0.25) is 0 Å². The maximum atomic E-state index is 12.8. The van der Waals surface area contributed by atoms with Crippen molar-refractivity contribution in [3.8, 4) is 0 Å². The van der Waals surface area contributed by atoms with E-state index < -0.39 is 22.8 Å². The summed E-state index contributed by atoms with van der Waals surface area (Å²) in [7, 11) is 0. The number of rotatable bonds is 3. The lowest BCUT2D eigenvalue weighted by atomic mass is 9.92. The fraction of sp³-hybridized carbons (Fsp3) is 0.176. The van der Waals surface area contributed by atoms with Crippen LogP contribution >= 0.6 is 0 Å². The molecule has 0 radical (unpaired) electrons. The van der Waals surface area contributed by atoms with Gasteiger partial charge in [0.05, 0.1) is 10.5 Å². The van der Waals surface area contributed by atoms with Gasteiger partial charge in [0.2, 0.25) is 0 Å². The number of carbonyl (C=O) groups is 2. The molecule has 122 valence electrons. The van der Waals surface area contributed by atoms with E-state index in [9.17, 15) is 24.8 Å². The van der Waals surface area contributed by atoms with Gasteiger partial charge in [0, 0.05) is 24.2 Å². The van der Waals surface area contributed by atoms with Crippen LogP contribution in [0.25, 0.3) is 0 Å². The molecular weight excluding hydrogens is 312 g/mol. The molecule has 1 aliphatic heterocycles. The number of carboxylic acids is 1. The van der Waals surface area contributed by atoms with Gasteiger partial charge in [0.25, 0.3) is 11.6 Å². The van der Waals surface area contributed by atoms with E-state index in [4.69, 9.17) is 0 Å². The molecule has 0 fully saturated rings. The number of non-ortho nitro benzene ring substituents is 1. The molecule has 7 nitrogen and oxygen atoms in total. The molecule has 1 unspecified atom stereocenters. The summed E-state index contributed by atoms with van der Waals surface area (Å²) in [6.07, 6.45) is 0.0995. The van der Waals surface area contributed by atoms with Crippen LogP contribution in [0.1, 0.15) is 21.5 Å². The van der Waals surface area contributed by atoms with E-state index in [1.807, 2.05) is 6.92 Å². The second-order valence-corrected chi connectivity index (χ2v) is 5.67. The van der Waals surface area contributed by atoms with Crippen LogP contribution in [0, 0.1) is 17.0 Å². The van der Waals surface area contributed by atoms with E-state index in [-0.39, 0.29) is 17.7 Å². The highest BCUT2D eigenvalue weighted by atomic mass is 16.6. The van der Waals surface area contributed by atoms with Crippen molar-refractivity contribution < 1.29 is 19.6 Å². The zero-order valence-electron chi connectivity index (χ0n) is 12.8. The number of fused-ring (bicyclic) bond motifs is 1. The molecule has 3 rings (SSSR count). The van der Waals surface area contributed by atoms with Gasteiger partial charge in [0.15, 0.2) is 0 Å². The van der Waals surface area contributed by atoms with Gasteiger partial charge < -0.3 is 5.11 Å². The van der Waals surface area contributed by atoms with E-state index in [1.54, 1.807) is 24.3 Å². The lowest BCUT2D eigenvalue weighted by Crippen LogP contribution is -2.50. The molecule has 0 saturated heterocycles. The summed E-state index contributed by atoms with van der Waals surface area (Å²) >= 11 is 0. The summed E-state index contributed by atoms with van der Waals surface area (Å²) in [5.74, 6) is -1.66. The number of hydrogen-bond acceptors (Lipinski definition) is 4. The van der Waals surface area contributed by atoms with Crippen molar-refractivity contribution in [2.75, 3.05) is 4.90 Å². The third kappa shape index (κ3) is 2.60. The molecule has 0 aliphatic carbocycles. The number of nitro benzene ring substituents is 1. The summed E-state index contributed by atoms with van der Waals surface area (Å²) in [5.41, 5.74) is 1.91. The molecule has 0 aromatic heterocycles. The van der Waals surface area contributed by atoms with Crippen LogP contribution in [0.3, 0.4) is 0 Å². The fourth-order valence-corrected chi connectivity index (χ4v) is 2.83. The van der Waals surface area contributed by atoms with Crippen molar-refractivity contribution in [2.24, 2.45) is 0 Å². The molecule has 2 aromatic carbocycles. The number of nitro groups is 1. The average molecular weight is 326 g/mol. The van der Waals surface area contributed by atoms with Crippen molar-refractivity contribution >= 4 is 23.3 Å². The van der Waals surface area contributed by atoms with Crippen molar-refractivity contribution in [3.63, 3.8) is 0 Å². The van der Waals surface area contributed by atoms with Gasteiger partial charge >= 0.3 is 5.97 Å². The lowest BCUT2D eigenvalue weighted by Gasteiger charge is -2.34. The number of benzene rings is 2. The standard InChI is InChI=1S/C17H14N2O5/c1-10-2-5-12(6-3-10)18-15(17(21)22)8-11-4-7-13(19(23)24)9-14(11)16(18)20/h2-7,9,15H,8H2,1H3,(H,21,22). The van der Waals surface area contributed by atoms with Crippen molar-refractivity contribution in [1.29, 1.82) is 0 Å². The van der Waals surface area contributed by atoms with Crippen molar-refractivity contribution in [1.82, 2.24) is 0 Å². The number of aliphatic carboxylic acids is 1. The maximum absolute atomic E-state index is 12.8. The number of hydrogen-bond donors (Lipinski definition) is 1. The molecule has 1 N–H and O–H groups in total. The van der Waals surface area contributed by atoms with Crippen LogP contribution in [0.4, 0.5) is 11.4 Å². The average Bonchev–Trinajstić information content (AvgIpc) is 2.55. The Morgan fingerprint density at radius 1 is 1.25 bits per heavy atom. The van der Waals surface area contributed by atoms with Crippen LogP contribution in [0.15, 0.2) is 42.5 Å². The van der Waals surface area contributed by atoms with E-state index in [2.05, 4.69) is 0 Å². The zero-order chi connectivity index (χ0) is 17.4. The van der Waals surface area contributed by atoms with Gasteiger partial charge in [-0.25, -0.2) is 4.79 Å². The fourth-order valence-electron chi connectivity index (χ4n) is 2.83. The van der Waals surface area contributed by atoms with E-state index in [1.165, 1.54) is 23.1 Å². The second kappa shape index (κ2) is 5.77. The topological polar surface area (TPSA) is 101 Å². The Labute approximate surface area is 137 Å². The molecule has 1 atom stereocenters. The largest absolute Gasteiger partial charge is 0.480 e. The van der Waals surface area contributed by atoms with E-state index in [0.29, 0.717) is 11.3 Å². The Balaban J connectivity index is 2.12. The maximum Gasteiger partial charge on any atom is 0.327 e. The SMILES string of the molecule is Cc1ccc(N2C(=O)c3cc([N+](=O)[O-])ccc3CC2C(=O)O)cc1. The van der Waals surface area contributed by atoms with Gasteiger partial charge in [-0.2, -0.15) is 0 Å². The number of anilines is 1. The molecule has 2 aromatic rings. The van der Waals surface area contributed by atoms with Gasteiger partial charge in [-0.1, -0.05) is 23.8 Å². The summed E-state index contributed by atoms with van der Waals surface area (Å²) in [4.78, 5) is 36.0. The summed E-state index contributed by atoms with van der Waals surface area (Å²) < 4.78 is 0. The van der Waals surface area contributed by atoms with Gasteiger partial charge in [-0.05, 0) is 24.6 Å². The minimum absolute atomic E-state index is 0.0995. The minimum atomic E-state index is -1.12. The second-order valence-electron chi connectivity index (χ2n) is 5.67. The predicted molar refractivity (Wildman–Crippen MR) is 86.2 cm³/mol. The van der Waals surface area contributed by atoms with Crippen molar-refractivity contribution in [3.05, 3.63) is 69.3 Å². The molecule has 0 bridgehead atoms. The Bertz CT molecular complexity index is 845. The summed E-state index contributed by atoms with van der Waals surface area (Å²) in [5, 5.41) is 20.5. The monoisotopic (exact) mass is 326 g/mol. The normalized spacial score (nSPS) is 16.6. The summed E-state index contributed by atoms with van der Waals surface area (Å²) in [6, 6.07) is 9.80. The first-order valence-corrected chi connectivity index (χ1v) is 7.29. The Hall–Kier alpha value is -3.22. The third-order valence-corrected chi connectivity index (χ3v) is 4.08. The van der Waals surface area contributed by atoms with Gasteiger partial charge in [-0.3, -0.25) is 19.8 Å². The molecule has 1 heterocycles. The number of carboxylic acid groups (broad SMARTS) is 1. The molecule has 0 saturated carbocycles. The van der Waals surface area contributed by atoms with Gasteiger partial charge in [-0.15, -0.1) is 0 Å². The molecule has 1 amide bonds. The van der Waals surface area contributed by atoms with E-state index >= 15 is 0 Å². The number of aryl methyl sites for hydroxylation is 1. The number of carbonyl (C=O) groups excluding carboxylic acids is 1. The Morgan fingerprint density at radius 3 is 2.50 bits per heavy atom. The summed E-state index contributed by atoms with van der Waals surface area (Å²) in [6.45, 7) is 1.88. The molecular formula is C17H14N2O5. The van der Waals surface area contributed by atoms with Crippen LogP contribution in [-0.4, -0.2) is 27.9 Å². The number of amides is 1. The number of nitrogens with zero attached hydrogens (tertiary/aromatic N) is 2. The zero-order valence-corrected chi connectivity index (χ0v) is 12.8. The molecule has 1 aliphatic rings. The Kier molecular flexibility index (Phi) is 3.76. The van der Waals surface area contributed by atoms with Crippen molar-refractivity contribution in [2.45, 2.75) is 19.4 Å². The third-order valence-electron chi connectivity index (χ3n) is 4.08. The molecule has 7 heteroatoms. The first-order chi connectivity index (χ1) is 11.4. The lowest BCUT2D eigenvalue weighted by molar-refractivity contribution is -0.384. The first-order valence-electron chi connectivity index (χ1n) is 7.29. The van der Waals surface area contributed by atoms with Crippen LogP contribution in [0.5, 0.6) is 0 Å². The van der Waals surface area contributed by atoms with Crippen LogP contribution < -0.4 is 4.90 Å². The highest BCUT2D eigenvalue weighted by Crippen LogP contribution is 2.31. The highest BCUT2D eigenvalue weighted by molar-refractivity contribution is 6.12. The molecule has 24 heavy (non-hydrogen) atoms.